The average Bonchev–Trinajstić information content (AvgIpc) is 2.18. The van der Waals surface area contributed by atoms with Gasteiger partial charge in [-0.15, -0.1) is 0 Å². The molecule has 4 nitrogen and oxygen atoms in total. The van der Waals surface area contributed by atoms with Crippen molar-refractivity contribution < 1.29 is 13.2 Å². The Morgan fingerprint density at radius 1 is 1.44 bits per heavy atom. The number of nitrogens with two attached hydrogens (primary N) is 1. The van der Waals surface area contributed by atoms with Crippen LogP contribution in [-0.2, 0) is 16.4 Å². The van der Waals surface area contributed by atoms with Gasteiger partial charge in [0.2, 0.25) is 0 Å². The molecule has 0 saturated carbocycles. The van der Waals surface area contributed by atoms with E-state index in [0.717, 1.165) is 5.56 Å². The van der Waals surface area contributed by atoms with E-state index in [0.29, 0.717) is 17.3 Å². The van der Waals surface area contributed by atoms with Crippen LogP contribution < -0.4 is 10.5 Å². The number of sulfone groups is 1. The van der Waals surface area contributed by atoms with Crippen molar-refractivity contribution in [1.29, 1.82) is 0 Å². The topological polar surface area (TPSA) is 69.4 Å². The van der Waals surface area contributed by atoms with Crippen LogP contribution in [0.25, 0.3) is 0 Å². The second-order valence-electron chi connectivity index (χ2n) is 3.43. The lowest BCUT2D eigenvalue weighted by Crippen LogP contribution is -2.13. The minimum atomic E-state index is -3.00. The van der Waals surface area contributed by atoms with Gasteiger partial charge in [-0.2, -0.15) is 0 Å². The van der Waals surface area contributed by atoms with E-state index < -0.39 is 9.84 Å². The zero-order chi connectivity index (χ0) is 12.2. The fourth-order valence-corrected chi connectivity index (χ4v) is 1.73. The first kappa shape index (κ1) is 13.3. The van der Waals surface area contributed by atoms with E-state index >= 15 is 0 Å². The average molecular weight is 264 g/mol. The Morgan fingerprint density at radius 2 is 2.12 bits per heavy atom. The molecule has 0 aliphatic carbocycles. The lowest BCUT2D eigenvalue weighted by molar-refractivity contribution is 0.337. The van der Waals surface area contributed by atoms with Crippen molar-refractivity contribution in [3.05, 3.63) is 28.8 Å². The molecule has 6 heteroatoms. The molecule has 90 valence electrons. The summed E-state index contributed by atoms with van der Waals surface area (Å²) in [6.07, 6.45) is 1.17. The molecule has 0 radical (unpaired) electrons. The third kappa shape index (κ3) is 4.38. The molecule has 1 rings (SSSR count). The SMILES string of the molecule is CS(=O)(=O)CCOc1ccc(Cl)cc1CN. The van der Waals surface area contributed by atoms with Crippen molar-refractivity contribution >= 4 is 21.4 Å². The third-order valence-electron chi connectivity index (χ3n) is 1.95. The Balaban J connectivity index is 2.67. The van der Waals surface area contributed by atoms with Gasteiger partial charge < -0.3 is 10.5 Å². The zero-order valence-electron chi connectivity index (χ0n) is 8.94. The number of halogens is 1. The van der Waals surface area contributed by atoms with Gasteiger partial charge in [-0.25, -0.2) is 8.42 Å². The Bertz CT molecular complexity index is 459. The second-order valence-corrected chi connectivity index (χ2v) is 6.13. The molecule has 0 amide bonds. The lowest BCUT2D eigenvalue weighted by Gasteiger charge is -2.10. The molecule has 2 N–H and O–H groups in total. The third-order valence-corrected chi connectivity index (χ3v) is 3.10. The molecule has 1 aromatic carbocycles. The molecule has 0 saturated heterocycles. The van der Waals surface area contributed by atoms with Crippen molar-refractivity contribution in [2.45, 2.75) is 6.54 Å². The molecule has 0 spiro atoms. The molecule has 1 aromatic rings. The van der Waals surface area contributed by atoms with Crippen LogP contribution >= 0.6 is 11.6 Å². The van der Waals surface area contributed by atoms with Crippen LogP contribution in [0.5, 0.6) is 5.75 Å². The molecule has 0 aromatic heterocycles. The molecular formula is C10H14ClNO3S. The van der Waals surface area contributed by atoms with Crippen LogP contribution in [0.2, 0.25) is 5.02 Å². The van der Waals surface area contributed by atoms with Crippen LogP contribution in [0.15, 0.2) is 18.2 Å². The van der Waals surface area contributed by atoms with Gasteiger partial charge in [0, 0.05) is 23.4 Å². The molecule has 0 fully saturated rings. The first-order valence-corrected chi connectivity index (χ1v) is 7.15. The van der Waals surface area contributed by atoms with E-state index in [2.05, 4.69) is 0 Å². The number of ether oxygens (including phenoxy) is 1. The summed E-state index contributed by atoms with van der Waals surface area (Å²) in [5, 5.41) is 0.580. The summed E-state index contributed by atoms with van der Waals surface area (Å²) >= 11 is 5.80. The van der Waals surface area contributed by atoms with Crippen molar-refractivity contribution in [2.24, 2.45) is 5.73 Å². The molecule has 0 bridgehead atoms. The highest BCUT2D eigenvalue weighted by Crippen LogP contribution is 2.22. The van der Waals surface area contributed by atoms with Gasteiger partial charge in [0.15, 0.2) is 9.84 Å². The number of hydrogen-bond donors (Lipinski definition) is 1. The largest absolute Gasteiger partial charge is 0.492 e. The normalized spacial score (nSPS) is 11.4. The molecule has 0 unspecified atom stereocenters. The van der Waals surface area contributed by atoms with E-state index in [1.54, 1.807) is 18.2 Å². The Labute approximate surface area is 100 Å². The van der Waals surface area contributed by atoms with Gasteiger partial charge in [0.25, 0.3) is 0 Å². The highest BCUT2D eigenvalue weighted by molar-refractivity contribution is 7.90. The summed E-state index contributed by atoms with van der Waals surface area (Å²) in [5.74, 6) is 0.565. The lowest BCUT2D eigenvalue weighted by atomic mass is 10.2. The van der Waals surface area contributed by atoms with E-state index in [9.17, 15) is 8.42 Å². The maximum atomic E-state index is 10.9. The highest BCUT2D eigenvalue weighted by Gasteiger charge is 2.06. The fraction of sp³-hybridized carbons (Fsp3) is 0.400. The maximum Gasteiger partial charge on any atom is 0.150 e. The van der Waals surface area contributed by atoms with Crippen LogP contribution in [0, 0.1) is 0 Å². The van der Waals surface area contributed by atoms with Crippen molar-refractivity contribution in [3.8, 4) is 5.75 Å². The van der Waals surface area contributed by atoms with E-state index in [1.165, 1.54) is 6.26 Å². The number of rotatable bonds is 5. The van der Waals surface area contributed by atoms with Crippen LogP contribution in [0.1, 0.15) is 5.56 Å². The van der Waals surface area contributed by atoms with E-state index in [4.69, 9.17) is 22.1 Å². The van der Waals surface area contributed by atoms with Gasteiger partial charge >= 0.3 is 0 Å². The summed E-state index contributed by atoms with van der Waals surface area (Å²) in [6.45, 7) is 0.419. The molecular weight excluding hydrogens is 250 g/mol. The Hall–Kier alpha value is -0.780. The molecule has 0 aliphatic heterocycles. The van der Waals surface area contributed by atoms with E-state index in [1.807, 2.05) is 0 Å². The summed E-state index contributed by atoms with van der Waals surface area (Å²) < 4.78 is 27.1. The minimum Gasteiger partial charge on any atom is -0.492 e. The molecule has 16 heavy (non-hydrogen) atoms. The molecule has 0 atom stereocenters. The predicted octanol–water partition coefficient (Wildman–Crippen LogP) is 1.22. The van der Waals surface area contributed by atoms with Crippen molar-refractivity contribution in [3.63, 3.8) is 0 Å². The van der Waals surface area contributed by atoms with Gasteiger partial charge in [0.1, 0.15) is 12.4 Å². The summed E-state index contributed by atoms with van der Waals surface area (Å²) in [6, 6.07) is 5.07. The van der Waals surface area contributed by atoms with Crippen molar-refractivity contribution in [2.75, 3.05) is 18.6 Å². The van der Waals surface area contributed by atoms with Crippen LogP contribution in [-0.4, -0.2) is 27.0 Å². The summed E-state index contributed by atoms with van der Waals surface area (Å²) in [5.41, 5.74) is 6.28. The smallest absolute Gasteiger partial charge is 0.150 e. The number of benzene rings is 1. The van der Waals surface area contributed by atoms with Gasteiger partial charge in [0.05, 0.1) is 5.75 Å². The minimum absolute atomic E-state index is 0.0142. The fourth-order valence-electron chi connectivity index (χ4n) is 1.15. The standard InChI is InChI=1S/C10H14ClNO3S/c1-16(13,14)5-4-15-10-3-2-9(11)6-8(10)7-12/h2-3,6H,4-5,7,12H2,1H3. The van der Waals surface area contributed by atoms with Gasteiger partial charge in [-0.1, -0.05) is 11.6 Å². The second kappa shape index (κ2) is 5.52. The van der Waals surface area contributed by atoms with Crippen molar-refractivity contribution in [1.82, 2.24) is 0 Å². The molecule has 0 heterocycles. The highest BCUT2D eigenvalue weighted by atomic mass is 35.5. The van der Waals surface area contributed by atoms with Crippen LogP contribution in [0.3, 0.4) is 0 Å². The first-order chi connectivity index (χ1) is 7.42. The van der Waals surface area contributed by atoms with E-state index in [-0.39, 0.29) is 12.4 Å². The van der Waals surface area contributed by atoms with Gasteiger partial charge in [-0.3, -0.25) is 0 Å². The van der Waals surface area contributed by atoms with Gasteiger partial charge in [-0.05, 0) is 18.2 Å². The summed E-state index contributed by atoms with van der Waals surface area (Å²) in [7, 11) is -3.00. The van der Waals surface area contributed by atoms with Crippen LogP contribution in [0.4, 0.5) is 0 Å². The predicted molar refractivity (Wildman–Crippen MR) is 64.5 cm³/mol. The zero-order valence-corrected chi connectivity index (χ0v) is 10.5. The number of hydrogen-bond acceptors (Lipinski definition) is 4. The monoisotopic (exact) mass is 263 g/mol. The Morgan fingerprint density at radius 3 is 2.69 bits per heavy atom. The molecule has 0 aliphatic rings. The maximum absolute atomic E-state index is 10.9. The summed E-state index contributed by atoms with van der Waals surface area (Å²) in [4.78, 5) is 0. The first-order valence-electron chi connectivity index (χ1n) is 4.71. The quantitative estimate of drug-likeness (QED) is 0.867. The Kier molecular flexibility index (Phi) is 4.58.